The van der Waals surface area contributed by atoms with Gasteiger partial charge in [0.05, 0.1) is 21.1 Å². The van der Waals surface area contributed by atoms with E-state index in [2.05, 4.69) is 44.0 Å². The Morgan fingerprint density at radius 3 is 1.14 bits per heavy atom. The molecule has 440 valence electrons. The van der Waals surface area contributed by atoms with Crippen LogP contribution in [-0.2, 0) is 28.6 Å². The zero-order valence-corrected chi connectivity index (χ0v) is 53.1. The van der Waals surface area contributed by atoms with Crippen LogP contribution in [-0.4, -0.2) is 17.9 Å². The standard InChI is InChI=1S/C25H22ClNO3.C22H19Br2NO3.C22H19Cl2NO3/c1-17(2)24(18-11-13-20(26)14-12-18)25(28)30-23(16-27)19-7-6-10-22(15-19)29-21-8-4-3-5-9-21;2*1-22(2)17(12-19(23)24)20(22)21(26)28-18(13-25)14-7-6-10-16(11-14)27-15-8-4-3-5-9-15/h3-15,17,23-24H,1-2H3;2*3-12,17-18,20H,1-2H3/t23-,24+;17-,18+,20-;/m10./s1. The van der Waals surface area contributed by atoms with Crippen LogP contribution in [0.25, 0.3) is 0 Å². The second-order valence-electron chi connectivity index (χ2n) is 21.6. The Balaban J connectivity index is 0.000000185. The molecule has 86 heavy (non-hydrogen) atoms. The minimum atomic E-state index is -1.04. The Bertz CT molecular complexity index is 3500. The largest absolute Gasteiger partial charge is 0.457 e. The van der Waals surface area contributed by atoms with Gasteiger partial charge >= 0.3 is 17.9 Å². The molecule has 2 aliphatic carbocycles. The zero-order chi connectivity index (χ0) is 62.1. The molecular formula is C69H60Br2Cl3N3O9. The highest BCUT2D eigenvalue weighted by atomic mass is 79.9. The van der Waals surface area contributed by atoms with Gasteiger partial charge < -0.3 is 28.4 Å². The van der Waals surface area contributed by atoms with Crippen molar-refractivity contribution in [1.82, 2.24) is 0 Å². The maximum Gasteiger partial charge on any atom is 0.315 e. The number of rotatable bonds is 19. The summed E-state index contributed by atoms with van der Waals surface area (Å²) in [7, 11) is 0. The van der Waals surface area contributed by atoms with Crippen LogP contribution in [0.2, 0.25) is 5.02 Å². The Labute approximate surface area is 533 Å². The number of carbonyl (C=O) groups excluding carboxylic acids is 3. The SMILES string of the molecule is CC(C)[C@H](C(=O)O[C@H](C#N)c1cccc(Oc2ccccc2)c1)c1ccc(Cl)cc1.CC1(C)C(C=C(Cl)Cl)C1C(=O)OC(C#N)c1cccc(Oc2ccccc2)c1.CC1(C)[C@H](C(=O)O[C@H](C#N)c2cccc(Oc3ccccc3)c2)[C@@H]1C=C(Br)Br. The first-order chi connectivity index (χ1) is 41.1. The van der Waals surface area contributed by atoms with Crippen LogP contribution >= 0.6 is 66.7 Å². The number of nitrogens with zero attached hydrogens (tertiary/aromatic N) is 3. The summed E-state index contributed by atoms with van der Waals surface area (Å²) in [6.07, 6.45) is 0.539. The molecule has 2 fully saturated rings. The van der Waals surface area contributed by atoms with Crippen molar-refractivity contribution in [3.8, 4) is 52.7 Å². The van der Waals surface area contributed by atoms with Crippen molar-refractivity contribution in [2.24, 2.45) is 40.4 Å². The van der Waals surface area contributed by atoms with Gasteiger partial charge in [-0.05, 0) is 157 Å². The lowest BCUT2D eigenvalue weighted by molar-refractivity contribution is -0.150. The number of esters is 3. The third kappa shape index (κ3) is 18.1. The fourth-order valence-electron chi connectivity index (χ4n) is 9.78. The van der Waals surface area contributed by atoms with Crippen molar-refractivity contribution in [1.29, 1.82) is 15.8 Å². The highest BCUT2D eigenvalue weighted by molar-refractivity contribution is 9.28. The van der Waals surface area contributed by atoms with Gasteiger partial charge in [-0.1, -0.05) is 186 Å². The van der Waals surface area contributed by atoms with Gasteiger partial charge in [0.25, 0.3) is 0 Å². The Kier molecular flexibility index (Phi) is 23.3. The summed E-state index contributed by atoms with van der Waals surface area (Å²) in [6, 6.07) is 62.3. The second-order valence-corrected chi connectivity index (χ2v) is 25.9. The van der Waals surface area contributed by atoms with Crippen LogP contribution < -0.4 is 14.2 Å². The quantitative estimate of drug-likeness (QED) is 0.0553. The maximum absolute atomic E-state index is 13.0. The number of benzene rings is 7. The lowest BCUT2D eigenvalue weighted by Gasteiger charge is -2.22. The summed E-state index contributed by atoms with van der Waals surface area (Å²) < 4.78 is 35.0. The predicted octanol–water partition coefficient (Wildman–Crippen LogP) is 19.3. The first-order valence-electron chi connectivity index (χ1n) is 27.2. The lowest BCUT2D eigenvalue weighted by Crippen LogP contribution is -2.22. The van der Waals surface area contributed by atoms with E-state index >= 15 is 0 Å². The molecule has 0 aromatic heterocycles. The Morgan fingerprint density at radius 2 is 0.814 bits per heavy atom. The van der Waals surface area contributed by atoms with Crippen molar-refractivity contribution in [2.45, 2.75) is 65.8 Å². The highest BCUT2D eigenvalue weighted by Gasteiger charge is 2.63. The summed E-state index contributed by atoms with van der Waals surface area (Å²) in [5, 5.41) is 29.3. The van der Waals surface area contributed by atoms with Gasteiger partial charge in [0.1, 0.15) is 57.2 Å². The molecule has 0 spiro atoms. The number of nitriles is 3. The molecule has 0 heterocycles. The highest BCUT2D eigenvalue weighted by Crippen LogP contribution is 2.61. The van der Waals surface area contributed by atoms with Gasteiger partial charge in [-0.25, -0.2) is 0 Å². The van der Waals surface area contributed by atoms with E-state index in [4.69, 9.17) is 63.2 Å². The molecular weight excluding hydrogens is 1280 g/mol. The van der Waals surface area contributed by atoms with E-state index in [0.29, 0.717) is 56.2 Å². The van der Waals surface area contributed by atoms with E-state index in [1.165, 1.54) is 0 Å². The van der Waals surface area contributed by atoms with E-state index in [1.807, 2.05) is 157 Å². The van der Waals surface area contributed by atoms with Crippen LogP contribution in [0.1, 0.15) is 88.0 Å². The number of para-hydroxylation sites is 3. The molecule has 12 nitrogen and oxygen atoms in total. The molecule has 3 unspecified atom stereocenters. The molecule has 0 amide bonds. The average Bonchev–Trinajstić information content (AvgIpc) is 1.63. The summed E-state index contributed by atoms with van der Waals surface area (Å²) in [4.78, 5) is 38.2. The van der Waals surface area contributed by atoms with E-state index < -0.39 is 36.2 Å². The van der Waals surface area contributed by atoms with Gasteiger partial charge in [-0.2, -0.15) is 15.8 Å². The number of carbonyl (C=O) groups is 3. The van der Waals surface area contributed by atoms with Crippen LogP contribution in [0.15, 0.2) is 208 Å². The van der Waals surface area contributed by atoms with Crippen molar-refractivity contribution in [2.75, 3.05) is 0 Å². The summed E-state index contributed by atoms with van der Waals surface area (Å²) >= 11 is 24.1. The minimum Gasteiger partial charge on any atom is -0.457 e. The predicted molar refractivity (Wildman–Crippen MR) is 338 cm³/mol. The summed E-state index contributed by atoms with van der Waals surface area (Å²) in [5.74, 6) is 1.26. The van der Waals surface area contributed by atoms with Gasteiger partial charge in [-0.3, -0.25) is 14.4 Å². The molecule has 0 N–H and O–H groups in total. The Hall–Kier alpha value is -7.87. The van der Waals surface area contributed by atoms with Crippen molar-refractivity contribution < 1.29 is 42.8 Å². The van der Waals surface area contributed by atoms with Crippen LogP contribution in [0.3, 0.4) is 0 Å². The number of ether oxygens (including phenoxy) is 6. The van der Waals surface area contributed by atoms with E-state index in [-0.39, 0.29) is 50.9 Å². The van der Waals surface area contributed by atoms with Crippen LogP contribution in [0.4, 0.5) is 0 Å². The Morgan fingerprint density at radius 1 is 0.477 bits per heavy atom. The minimum absolute atomic E-state index is 0.00855. The zero-order valence-electron chi connectivity index (χ0n) is 47.7. The molecule has 2 saturated carbocycles. The molecule has 0 saturated heterocycles. The van der Waals surface area contributed by atoms with E-state index in [0.717, 1.165) is 8.96 Å². The van der Waals surface area contributed by atoms with Gasteiger partial charge in [0.15, 0.2) is 0 Å². The average molecular weight is 1340 g/mol. The topological polar surface area (TPSA) is 178 Å². The van der Waals surface area contributed by atoms with Crippen LogP contribution in [0, 0.1) is 74.4 Å². The van der Waals surface area contributed by atoms with E-state index in [9.17, 15) is 30.2 Å². The van der Waals surface area contributed by atoms with Gasteiger partial charge in [-0.15, -0.1) is 0 Å². The number of halogens is 5. The number of hydrogen-bond acceptors (Lipinski definition) is 12. The molecule has 7 aromatic carbocycles. The van der Waals surface area contributed by atoms with Crippen molar-refractivity contribution in [3.05, 3.63) is 235 Å². The molecule has 0 bridgehead atoms. The monoisotopic (exact) mass is 1340 g/mol. The van der Waals surface area contributed by atoms with Crippen molar-refractivity contribution in [3.63, 3.8) is 0 Å². The number of hydrogen-bond donors (Lipinski definition) is 0. The van der Waals surface area contributed by atoms with Gasteiger partial charge in [0.2, 0.25) is 18.3 Å². The normalized spacial score (nSPS) is 17.7. The third-order valence-corrected chi connectivity index (χ3v) is 15.6. The second kappa shape index (κ2) is 30.5. The maximum atomic E-state index is 13.0. The first kappa shape index (κ1) is 65.7. The third-order valence-electron chi connectivity index (χ3n) is 14.6. The molecule has 8 atom stereocenters. The lowest BCUT2D eigenvalue weighted by atomic mass is 9.88. The molecule has 7 aromatic rings. The summed E-state index contributed by atoms with van der Waals surface area (Å²) in [6.45, 7) is 11.8. The number of allylic oxidation sites excluding steroid dienone is 2. The van der Waals surface area contributed by atoms with Crippen molar-refractivity contribution >= 4 is 84.6 Å². The van der Waals surface area contributed by atoms with E-state index in [1.54, 1.807) is 91.0 Å². The molecule has 0 aliphatic heterocycles. The molecule has 9 rings (SSSR count). The molecule has 0 radical (unpaired) electrons. The molecule has 2 aliphatic rings. The molecule has 17 heteroatoms. The van der Waals surface area contributed by atoms with Gasteiger partial charge in [0, 0.05) is 21.7 Å². The fourth-order valence-corrected chi connectivity index (χ4v) is 10.8. The first-order valence-corrected chi connectivity index (χ1v) is 29.9. The smallest absolute Gasteiger partial charge is 0.315 e. The summed E-state index contributed by atoms with van der Waals surface area (Å²) in [5.41, 5.74) is 1.96. The van der Waals surface area contributed by atoms with Crippen LogP contribution in [0.5, 0.6) is 34.5 Å². The fraction of sp³-hybridized carbons (Fsp3) is 0.246.